The van der Waals surface area contributed by atoms with Crippen molar-refractivity contribution in [3.05, 3.63) is 35.6 Å². The Morgan fingerprint density at radius 1 is 1.37 bits per heavy atom. The second-order valence-electron chi connectivity index (χ2n) is 4.56. The summed E-state index contributed by atoms with van der Waals surface area (Å²) in [7, 11) is 3.69. The van der Waals surface area contributed by atoms with Gasteiger partial charge in [0.2, 0.25) is 5.91 Å². The van der Waals surface area contributed by atoms with Gasteiger partial charge in [-0.1, -0.05) is 12.1 Å². The maximum Gasteiger partial charge on any atom is 0.241 e. The quantitative estimate of drug-likeness (QED) is 0.780. The van der Waals surface area contributed by atoms with Gasteiger partial charge in [0.05, 0.1) is 0 Å². The van der Waals surface area contributed by atoms with Crippen LogP contribution in [0.1, 0.15) is 18.0 Å². The fourth-order valence-electron chi connectivity index (χ4n) is 1.85. The van der Waals surface area contributed by atoms with Crippen LogP contribution in [0.4, 0.5) is 4.39 Å². The van der Waals surface area contributed by atoms with E-state index in [4.69, 9.17) is 0 Å². The summed E-state index contributed by atoms with van der Waals surface area (Å²) < 4.78 is 12.9. The monoisotopic (exact) mass is 284 g/mol. The van der Waals surface area contributed by atoms with Crippen LogP contribution in [-0.2, 0) is 4.79 Å². The van der Waals surface area contributed by atoms with Crippen LogP contribution in [0.25, 0.3) is 0 Å². The van der Waals surface area contributed by atoms with E-state index in [1.54, 1.807) is 23.9 Å². The molecule has 0 radical (unpaired) electrons. The summed E-state index contributed by atoms with van der Waals surface area (Å²) in [6, 6.07) is 5.69. The van der Waals surface area contributed by atoms with Crippen LogP contribution in [0, 0.1) is 5.82 Å². The topological polar surface area (TPSA) is 32.3 Å². The van der Waals surface area contributed by atoms with Gasteiger partial charge in [-0.25, -0.2) is 4.39 Å². The number of hydrogen-bond donors (Lipinski definition) is 1. The van der Waals surface area contributed by atoms with E-state index in [2.05, 4.69) is 5.32 Å². The van der Waals surface area contributed by atoms with Crippen molar-refractivity contribution in [3.63, 3.8) is 0 Å². The summed E-state index contributed by atoms with van der Waals surface area (Å²) in [5.41, 5.74) is 0.800. The Labute approximate surface area is 118 Å². The Hall–Kier alpha value is -1.07. The van der Waals surface area contributed by atoms with Gasteiger partial charge in [-0.15, -0.1) is 0 Å². The number of hydrogen-bond acceptors (Lipinski definition) is 3. The maximum absolute atomic E-state index is 12.9. The second kappa shape index (κ2) is 8.17. The molecular weight excluding hydrogens is 263 g/mol. The normalized spacial score (nSPS) is 12.5. The van der Waals surface area contributed by atoms with E-state index in [1.165, 1.54) is 12.1 Å². The average molecular weight is 284 g/mol. The molecular formula is C14H21FN2OS. The predicted octanol–water partition coefficient (Wildman–Crippen LogP) is 2.30. The molecule has 1 rings (SSSR count). The van der Waals surface area contributed by atoms with Crippen LogP contribution >= 0.6 is 11.8 Å². The van der Waals surface area contributed by atoms with Gasteiger partial charge in [-0.3, -0.25) is 9.69 Å². The highest BCUT2D eigenvalue weighted by Gasteiger charge is 2.22. The fourth-order valence-corrected chi connectivity index (χ4v) is 2.29. The van der Waals surface area contributed by atoms with Gasteiger partial charge in [0, 0.05) is 6.54 Å². The highest BCUT2D eigenvalue weighted by molar-refractivity contribution is 7.98. The van der Waals surface area contributed by atoms with Gasteiger partial charge in [-0.05, 0) is 50.2 Å². The van der Waals surface area contributed by atoms with Crippen LogP contribution in [-0.4, -0.2) is 43.5 Å². The lowest BCUT2D eigenvalue weighted by Gasteiger charge is -2.23. The lowest BCUT2D eigenvalue weighted by atomic mass is 10.1. The summed E-state index contributed by atoms with van der Waals surface area (Å²) in [4.78, 5) is 14.0. The molecule has 0 aliphatic rings. The van der Waals surface area contributed by atoms with Crippen LogP contribution in [0.3, 0.4) is 0 Å². The molecule has 0 bridgehead atoms. The summed E-state index contributed by atoms with van der Waals surface area (Å²) in [5, 5.41) is 2.92. The fraction of sp³-hybridized carbons (Fsp3) is 0.500. The predicted molar refractivity (Wildman–Crippen MR) is 78.8 cm³/mol. The molecule has 1 atom stereocenters. The van der Waals surface area contributed by atoms with Crippen molar-refractivity contribution < 1.29 is 9.18 Å². The zero-order valence-electron chi connectivity index (χ0n) is 11.6. The number of rotatable bonds is 7. The largest absolute Gasteiger partial charge is 0.354 e. The van der Waals surface area contributed by atoms with E-state index in [0.717, 1.165) is 17.7 Å². The summed E-state index contributed by atoms with van der Waals surface area (Å²) >= 11 is 1.76. The lowest BCUT2D eigenvalue weighted by Crippen LogP contribution is -2.37. The molecule has 5 heteroatoms. The van der Waals surface area contributed by atoms with Crippen molar-refractivity contribution in [2.75, 3.05) is 32.6 Å². The molecule has 0 saturated carbocycles. The number of halogens is 1. The SMILES string of the molecule is CSCCCNC(=O)C(c1ccc(F)cc1)N(C)C. The molecule has 0 fully saturated rings. The van der Waals surface area contributed by atoms with Crippen LogP contribution in [0.15, 0.2) is 24.3 Å². The van der Waals surface area contributed by atoms with E-state index in [-0.39, 0.29) is 17.8 Å². The molecule has 0 heterocycles. The number of carbonyl (C=O) groups is 1. The first-order valence-corrected chi connectivity index (χ1v) is 7.64. The van der Waals surface area contributed by atoms with E-state index < -0.39 is 0 Å². The number of amides is 1. The van der Waals surface area contributed by atoms with Crippen molar-refractivity contribution in [1.82, 2.24) is 10.2 Å². The number of likely N-dealkylation sites (N-methyl/N-ethyl adjacent to an activating group) is 1. The molecule has 0 aromatic heterocycles. The number of nitrogens with zero attached hydrogens (tertiary/aromatic N) is 1. The minimum Gasteiger partial charge on any atom is -0.354 e. The summed E-state index contributed by atoms with van der Waals surface area (Å²) in [5.74, 6) is 0.697. The van der Waals surface area contributed by atoms with E-state index in [0.29, 0.717) is 6.54 Å². The van der Waals surface area contributed by atoms with Crippen LogP contribution in [0.5, 0.6) is 0 Å². The Balaban J connectivity index is 2.66. The number of thioether (sulfide) groups is 1. The Morgan fingerprint density at radius 3 is 2.53 bits per heavy atom. The van der Waals surface area contributed by atoms with Crippen LogP contribution < -0.4 is 5.32 Å². The highest BCUT2D eigenvalue weighted by atomic mass is 32.2. The molecule has 1 N–H and O–H groups in total. The molecule has 0 spiro atoms. The molecule has 1 unspecified atom stereocenters. The van der Waals surface area contributed by atoms with Crippen molar-refractivity contribution in [3.8, 4) is 0 Å². The van der Waals surface area contributed by atoms with Gasteiger partial charge < -0.3 is 5.32 Å². The van der Waals surface area contributed by atoms with Crippen LogP contribution in [0.2, 0.25) is 0 Å². The molecule has 0 saturated heterocycles. The van der Waals surface area contributed by atoms with Crippen molar-refractivity contribution in [2.45, 2.75) is 12.5 Å². The first-order valence-electron chi connectivity index (χ1n) is 6.24. The Kier molecular flexibility index (Phi) is 6.87. The summed E-state index contributed by atoms with van der Waals surface area (Å²) in [6.07, 6.45) is 3.00. The van der Waals surface area contributed by atoms with Gasteiger partial charge in [-0.2, -0.15) is 11.8 Å². The molecule has 19 heavy (non-hydrogen) atoms. The zero-order chi connectivity index (χ0) is 14.3. The van der Waals surface area contributed by atoms with E-state index >= 15 is 0 Å². The smallest absolute Gasteiger partial charge is 0.241 e. The van der Waals surface area contributed by atoms with Gasteiger partial charge in [0.15, 0.2) is 0 Å². The molecule has 0 aliphatic heterocycles. The van der Waals surface area contributed by atoms with E-state index in [9.17, 15) is 9.18 Å². The Bertz CT molecular complexity index is 395. The molecule has 1 aromatic carbocycles. The van der Waals surface area contributed by atoms with Gasteiger partial charge >= 0.3 is 0 Å². The molecule has 0 aliphatic carbocycles. The number of carbonyl (C=O) groups excluding carboxylic acids is 1. The maximum atomic E-state index is 12.9. The standard InChI is InChI=1S/C14H21FN2OS/c1-17(2)13(11-5-7-12(15)8-6-11)14(18)16-9-4-10-19-3/h5-8,13H,4,9-10H2,1-3H3,(H,16,18). The molecule has 106 valence electrons. The van der Waals surface area contributed by atoms with Gasteiger partial charge in [0.25, 0.3) is 0 Å². The molecule has 1 aromatic rings. The minimum absolute atomic E-state index is 0.0438. The van der Waals surface area contributed by atoms with Crippen molar-refractivity contribution in [1.29, 1.82) is 0 Å². The second-order valence-corrected chi connectivity index (χ2v) is 5.54. The van der Waals surface area contributed by atoms with E-state index in [1.807, 2.05) is 25.3 Å². The minimum atomic E-state index is -0.380. The third-order valence-electron chi connectivity index (χ3n) is 2.77. The highest BCUT2D eigenvalue weighted by Crippen LogP contribution is 2.18. The first kappa shape index (κ1) is 16.0. The zero-order valence-corrected chi connectivity index (χ0v) is 12.5. The van der Waals surface area contributed by atoms with Gasteiger partial charge in [0.1, 0.15) is 11.9 Å². The van der Waals surface area contributed by atoms with Crippen molar-refractivity contribution in [2.24, 2.45) is 0 Å². The average Bonchev–Trinajstić information content (AvgIpc) is 2.37. The first-order chi connectivity index (χ1) is 9.06. The summed E-state index contributed by atoms with van der Waals surface area (Å²) in [6.45, 7) is 0.672. The third-order valence-corrected chi connectivity index (χ3v) is 3.47. The Morgan fingerprint density at radius 2 is 2.00 bits per heavy atom. The number of nitrogens with one attached hydrogen (secondary N) is 1. The molecule has 1 amide bonds. The lowest BCUT2D eigenvalue weighted by molar-refractivity contribution is -0.125. The molecule has 3 nitrogen and oxygen atoms in total. The third kappa shape index (κ3) is 5.20. The number of benzene rings is 1. The van der Waals surface area contributed by atoms with Crippen molar-refractivity contribution >= 4 is 17.7 Å².